The highest BCUT2D eigenvalue weighted by molar-refractivity contribution is 9.10. The topological polar surface area (TPSA) is 79.3 Å². The lowest BCUT2D eigenvalue weighted by atomic mass is 9.74. The molecule has 3 atom stereocenters. The van der Waals surface area contributed by atoms with Crippen LogP contribution in [0.25, 0.3) is 22.2 Å². The molecule has 3 unspecified atom stereocenters. The van der Waals surface area contributed by atoms with Crippen LogP contribution in [0.5, 0.6) is 0 Å². The first-order valence-electron chi connectivity index (χ1n) is 12.3. The van der Waals surface area contributed by atoms with E-state index in [1.54, 1.807) is 0 Å². The Hall–Kier alpha value is -3.22. The van der Waals surface area contributed by atoms with Crippen LogP contribution in [-0.2, 0) is 4.79 Å². The third kappa shape index (κ3) is 5.13. The van der Waals surface area contributed by atoms with Gasteiger partial charge in [-0.05, 0) is 61.6 Å². The summed E-state index contributed by atoms with van der Waals surface area (Å²) in [6.07, 6.45) is 1.47. The van der Waals surface area contributed by atoms with Crippen molar-refractivity contribution in [3.05, 3.63) is 99.0 Å². The van der Waals surface area contributed by atoms with Gasteiger partial charge in [0.2, 0.25) is 0 Å². The van der Waals surface area contributed by atoms with Gasteiger partial charge in [0.05, 0.1) is 22.7 Å². The summed E-state index contributed by atoms with van der Waals surface area (Å²) in [5, 5.41) is 14.3. The number of nitrogens with one attached hydrogen (secondary N) is 1. The summed E-state index contributed by atoms with van der Waals surface area (Å²) in [7, 11) is 0. The number of carbonyl (C=O) groups is 2. The van der Waals surface area contributed by atoms with Gasteiger partial charge >= 0.3 is 5.97 Å². The molecule has 188 valence electrons. The van der Waals surface area contributed by atoms with E-state index in [1.807, 2.05) is 79.7 Å². The lowest BCUT2D eigenvalue weighted by molar-refractivity contribution is -0.143. The number of nitrogens with zero attached hydrogens (tertiary/aromatic N) is 1. The number of carboxylic acids is 1. The number of fused-ring (bicyclic) bond motifs is 1. The van der Waals surface area contributed by atoms with Crippen molar-refractivity contribution in [3.8, 4) is 11.3 Å². The highest BCUT2D eigenvalue weighted by atomic mass is 79.9. The molecule has 1 fully saturated rings. The zero-order valence-electron chi connectivity index (χ0n) is 20.2. The molecule has 0 aliphatic heterocycles. The molecular formula is C30H26BrClN2O3. The molecule has 0 bridgehead atoms. The van der Waals surface area contributed by atoms with Gasteiger partial charge in [0.25, 0.3) is 5.91 Å². The van der Waals surface area contributed by atoms with Gasteiger partial charge in [0.15, 0.2) is 0 Å². The predicted octanol–water partition coefficient (Wildman–Crippen LogP) is 7.39. The summed E-state index contributed by atoms with van der Waals surface area (Å²) >= 11 is 10.1. The maximum atomic E-state index is 14.0. The van der Waals surface area contributed by atoms with Gasteiger partial charge in [-0.1, -0.05) is 76.1 Å². The van der Waals surface area contributed by atoms with E-state index in [-0.39, 0.29) is 17.9 Å². The van der Waals surface area contributed by atoms with Crippen LogP contribution in [0.15, 0.2) is 77.3 Å². The summed E-state index contributed by atoms with van der Waals surface area (Å²) in [4.78, 5) is 30.7. The number of carboxylic acid groups (broad SMARTS) is 1. The molecule has 1 aliphatic carbocycles. The Labute approximate surface area is 229 Å². The second kappa shape index (κ2) is 10.6. The Morgan fingerprint density at radius 2 is 1.76 bits per heavy atom. The van der Waals surface area contributed by atoms with Crippen LogP contribution in [-0.4, -0.2) is 28.0 Å². The van der Waals surface area contributed by atoms with Crippen molar-refractivity contribution in [1.82, 2.24) is 10.3 Å². The molecule has 1 amide bonds. The second-order valence-corrected chi connectivity index (χ2v) is 10.9. The highest BCUT2D eigenvalue weighted by Crippen LogP contribution is 2.40. The molecular weight excluding hydrogens is 552 g/mol. The number of amides is 1. The zero-order valence-corrected chi connectivity index (χ0v) is 22.6. The minimum absolute atomic E-state index is 0.198. The van der Waals surface area contributed by atoms with Crippen molar-refractivity contribution < 1.29 is 14.7 Å². The number of aromatic nitrogens is 1. The lowest BCUT2D eigenvalue weighted by Gasteiger charge is -2.36. The van der Waals surface area contributed by atoms with Crippen LogP contribution < -0.4 is 5.32 Å². The molecule has 1 aromatic heterocycles. The molecule has 1 saturated carbocycles. The number of halogens is 2. The van der Waals surface area contributed by atoms with E-state index in [2.05, 4.69) is 21.2 Å². The first kappa shape index (κ1) is 25.4. The molecule has 7 heteroatoms. The Balaban J connectivity index is 1.57. The number of hydrogen-bond acceptors (Lipinski definition) is 3. The standard InChI is InChI=1S/C30H26BrClN2O3/c1-17-27(23-16-20(31)12-14-26(23)33-28(17)18-7-3-2-4-8-18)29(35)34-25-13-11-19(30(36)37)15-22(25)21-9-5-6-10-24(21)32/h2-10,12,14,16,19,22,25H,11,13,15H2,1H3,(H,34,35)(H,36,37). The maximum Gasteiger partial charge on any atom is 0.306 e. The number of pyridine rings is 1. The van der Waals surface area contributed by atoms with Crippen LogP contribution in [0.3, 0.4) is 0 Å². The Morgan fingerprint density at radius 3 is 2.49 bits per heavy atom. The number of benzene rings is 3. The molecule has 1 heterocycles. The van der Waals surface area contributed by atoms with Crippen LogP contribution in [0, 0.1) is 12.8 Å². The van der Waals surface area contributed by atoms with Gasteiger partial charge < -0.3 is 10.4 Å². The van der Waals surface area contributed by atoms with Gasteiger partial charge in [-0.25, -0.2) is 4.98 Å². The maximum absolute atomic E-state index is 14.0. The van der Waals surface area contributed by atoms with Crippen molar-refractivity contribution in [2.24, 2.45) is 5.92 Å². The highest BCUT2D eigenvalue weighted by Gasteiger charge is 2.37. The molecule has 3 aromatic carbocycles. The first-order valence-corrected chi connectivity index (χ1v) is 13.4. The zero-order chi connectivity index (χ0) is 26.1. The lowest BCUT2D eigenvalue weighted by Crippen LogP contribution is -2.44. The summed E-state index contributed by atoms with van der Waals surface area (Å²) < 4.78 is 0.860. The average Bonchev–Trinajstić information content (AvgIpc) is 2.89. The van der Waals surface area contributed by atoms with Crippen molar-refractivity contribution in [2.75, 3.05) is 0 Å². The SMILES string of the molecule is Cc1c(-c2ccccc2)nc2ccc(Br)cc2c1C(=O)NC1CCC(C(=O)O)CC1c1ccccc1Cl. The van der Waals surface area contributed by atoms with Crippen molar-refractivity contribution >= 4 is 50.3 Å². The smallest absolute Gasteiger partial charge is 0.306 e. The number of hydrogen-bond donors (Lipinski definition) is 2. The average molecular weight is 578 g/mol. The molecule has 5 rings (SSSR count). The fourth-order valence-electron chi connectivity index (χ4n) is 5.43. The molecule has 1 aliphatic rings. The summed E-state index contributed by atoms with van der Waals surface area (Å²) in [6.45, 7) is 1.93. The molecule has 0 spiro atoms. The van der Waals surface area contributed by atoms with Gasteiger partial charge in [-0.15, -0.1) is 0 Å². The van der Waals surface area contributed by atoms with Crippen LogP contribution >= 0.6 is 27.5 Å². The Bertz CT molecular complexity index is 1490. The minimum Gasteiger partial charge on any atom is -0.481 e. The van der Waals surface area contributed by atoms with E-state index in [4.69, 9.17) is 16.6 Å². The van der Waals surface area contributed by atoms with E-state index in [9.17, 15) is 14.7 Å². The van der Waals surface area contributed by atoms with Crippen LogP contribution in [0.4, 0.5) is 0 Å². The summed E-state index contributed by atoms with van der Waals surface area (Å²) in [5.74, 6) is -1.69. The minimum atomic E-state index is -0.810. The van der Waals surface area contributed by atoms with E-state index in [1.165, 1.54) is 0 Å². The normalized spacial score (nSPS) is 19.5. The monoisotopic (exact) mass is 576 g/mol. The molecule has 2 N–H and O–H groups in total. The summed E-state index contributed by atoms with van der Waals surface area (Å²) in [5.41, 5.74) is 4.67. The fraction of sp³-hybridized carbons (Fsp3) is 0.233. The molecule has 0 saturated heterocycles. The van der Waals surface area contributed by atoms with Crippen molar-refractivity contribution in [2.45, 2.75) is 38.1 Å². The fourth-order valence-corrected chi connectivity index (χ4v) is 6.07. The van der Waals surface area contributed by atoms with Gasteiger partial charge in [-0.2, -0.15) is 0 Å². The molecule has 0 radical (unpaired) electrons. The van der Waals surface area contributed by atoms with E-state index < -0.39 is 11.9 Å². The third-order valence-electron chi connectivity index (χ3n) is 7.29. The van der Waals surface area contributed by atoms with Crippen LogP contribution in [0.1, 0.15) is 46.7 Å². The first-order chi connectivity index (χ1) is 17.8. The predicted molar refractivity (Wildman–Crippen MR) is 150 cm³/mol. The molecule has 37 heavy (non-hydrogen) atoms. The molecule has 4 aromatic rings. The van der Waals surface area contributed by atoms with Crippen molar-refractivity contribution in [3.63, 3.8) is 0 Å². The van der Waals surface area contributed by atoms with Crippen LogP contribution in [0.2, 0.25) is 5.02 Å². The molecule has 5 nitrogen and oxygen atoms in total. The Kier molecular flexibility index (Phi) is 7.31. The van der Waals surface area contributed by atoms with Gasteiger partial charge in [-0.3, -0.25) is 9.59 Å². The van der Waals surface area contributed by atoms with Gasteiger partial charge in [0.1, 0.15) is 0 Å². The van der Waals surface area contributed by atoms with Crippen molar-refractivity contribution in [1.29, 1.82) is 0 Å². The van der Waals surface area contributed by atoms with E-state index >= 15 is 0 Å². The quantitative estimate of drug-likeness (QED) is 0.259. The van der Waals surface area contributed by atoms with E-state index in [0.717, 1.165) is 37.8 Å². The number of aliphatic carboxylic acids is 1. The number of carbonyl (C=O) groups excluding carboxylic acids is 1. The largest absolute Gasteiger partial charge is 0.481 e. The second-order valence-electron chi connectivity index (χ2n) is 9.54. The Morgan fingerprint density at radius 1 is 1.03 bits per heavy atom. The van der Waals surface area contributed by atoms with Gasteiger partial charge in [0, 0.05) is 32.4 Å². The number of rotatable bonds is 5. The van der Waals surface area contributed by atoms with E-state index in [0.29, 0.717) is 29.8 Å². The summed E-state index contributed by atoms with van der Waals surface area (Å²) in [6, 6.07) is 22.8. The third-order valence-corrected chi connectivity index (χ3v) is 8.12.